The van der Waals surface area contributed by atoms with Crippen molar-refractivity contribution in [3.63, 3.8) is 0 Å². The van der Waals surface area contributed by atoms with Crippen LogP contribution in [0.3, 0.4) is 0 Å². The van der Waals surface area contributed by atoms with Crippen LogP contribution in [0.25, 0.3) is 0 Å². The van der Waals surface area contributed by atoms with E-state index in [2.05, 4.69) is 25.7 Å². The number of carbonyl (C=O) groups excluding carboxylic acids is 1. The second-order valence-electron chi connectivity index (χ2n) is 7.03. The Morgan fingerprint density at radius 2 is 1.92 bits per heavy atom. The van der Waals surface area contributed by atoms with E-state index in [4.69, 9.17) is 5.73 Å². The molecular weight excluding hydrogens is 345 g/mol. The highest BCUT2D eigenvalue weighted by Gasteiger charge is 2.38. The largest absolute Gasteiger partial charge is 0.340 e. The molecule has 1 aromatic rings. The molecule has 24 heavy (non-hydrogen) atoms. The number of hydrogen-bond acceptors (Lipinski definition) is 3. The van der Waals surface area contributed by atoms with Crippen LogP contribution in [0.2, 0.25) is 0 Å². The fourth-order valence-corrected chi connectivity index (χ4v) is 3.14. The van der Waals surface area contributed by atoms with Gasteiger partial charge in [-0.25, -0.2) is 0 Å². The SMILES string of the molecule is CCN(C)C(C(=O)N1CCC(N)C(C)(C)C1)c1ccccc1.Cl.Cl. The number of likely N-dealkylation sites (N-methyl/N-ethyl adjacent to an activating group) is 1. The zero-order valence-electron chi connectivity index (χ0n) is 15.1. The minimum Gasteiger partial charge on any atom is -0.340 e. The van der Waals surface area contributed by atoms with Gasteiger partial charge in [0.25, 0.3) is 0 Å². The van der Waals surface area contributed by atoms with Gasteiger partial charge in [-0.2, -0.15) is 0 Å². The Hall–Kier alpha value is -0.810. The molecule has 0 bridgehead atoms. The molecular formula is C18H31Cl2N3O. The van der Waals surface area contributed by atoms with Gasteiger partial charge in [-0.3, -0.25) is 9.69 Å². The van der Waals surface area contributed by atoms with Crippen LogP contribution in [-0.4, -0.2) is 48.4 Å². The monoisotopic (exact) mass is 375 g/mol. The first-order chi connectivity index (χ1) is 10.4. The Labute approximate surface area is 158 Å². The van der Waals surface area contributed by atoms with Gasteiger partial charge in [-0.05, 0) is 31.0 Å². The molecule has 1 saturated heterocycles. The molecule has 0 aliphatic carbocycles. The maximum absolute atomic E-state index is 13.1. The quantitative estimate of drug-likeness (QED) is 0.879. The standard InChI is InChI=1S/C18H29N3O.2ClH/c1-5-20(4)16(14-9-7-6-8-10-14)17(22)21-12-11-15(19)18(2,3)13-21;;/h6-10,15-16H,5,11-13,19H2,1-4H3;2*1H. The van der Waals surface area contributed by atoms with Crippen LogP contribution >= 0.6 is 24.8 Å². The summed E-state index contributed by atoms with van der Waals surface area (Å²) in [5.41, 5.74) is 7.23. The molecule has 1 aromatic carbocycles. The molecule has 2 atom stereocenters. The molecule has 1 fully saturated rings. The summed E-state index contributed by atoms with van der Waals surface area (Å²) in [5.74, 6) is 0.190. The van der Waals surface area contributed by atoms with E-state index in [9.17, 15) is 4.79 Å². The van der Waals surface area contributed by atoms with Crippen LogP contribution < -0.4 is 5.73 Å². The van der Waals surface area contributed by atoms with Crippen molar-refractivity contribution in [1.82, 2.24) is 9.80 Å². The summed E-state index contributed by atoms with van der Waals surface area (Å²) < 4.78 is 0. The first-order valence-electron chi connectivity index (χ1n) is 8.16. The van der Waals surface area contributed by atoms with Gasteiger partial charge in [0.2, 0.25) is 5.91 Å². The van der Waals surface area contributed by atoms with E-state index in [0.717, 1.165) is 31.6 Å². The van der Waals surface area contributed by atoms with Gasteiger partial charge in [0.1, 0.15) is 6.04 Å². The fraction of sp³-hybridized carbons (Fsp3) is 0.611. The Balaban J connectivity index is 0.00000264. The minimum atomic E-state index is -0.212. The van der Waals surface area contributed by atoms with Crippen LogP contribution in [0.15, 0.2) is 30.3 Å². The Kier molecular flexibility index (Phi) is 9.29. The van der Waals surface area contributed by atoms with Gasteiger partial charge in [-0.1, -0.05) is 51.1 Å². The highest BCUT2D eigenvalue weighted by atomic mass is 35.5. The van der Waals surface area contributed by atoms with Crippen molar-refractivity contribution < 1.29 is 4.79 Å². The third-order valence-electron chi connectivity index (χ3n) is 4.91. The number of likely N-dealkylation sites (tertiary alicyclic amines) is 1. The summed E-state index contributed by atoms with van der Waals surface area (Å²) in [5, 5.41) is 0. The molecule has 2 unspecified atom stereocenters. The molecule has 6 heteroatoms. The Morgan fingerprint density at radius 3 is 2.42 bits per heavy atom. The lowest BCUT2D eigenvalue weighted by atomic mass is 9.79. The summed E-state index contributed by atoms with van der Waals surface area (Å²) >= 11 is 0. The van der Waals surface area contributed by atoms with E-state index in [0.29, 0.717) is 0 Å². The number of amides is 1. The van der Waals surface area contributed by atoms with E-state index < -0.39 is 0 Å². The predicted octanol–water partition coefficient (Wildman–Crippen LogP) is 3.11. The van der Waals surface area contributed by atoms with Crippen molar-refractivity contribution in [2.24, 2.45) is 11.1 Å². The van der Waals surface area contributed by atoms with Gasteiger partial charge in [-0.15, -0.1) is 24.8 Å². The average Bonchev–Trinajstić information content (AvgIpc) is 2.51. The molecule has 0 spiro atoms. The van der Waals surface area contributed by atoms with Crippen molar-refractivity contribution >= 4 is 30.7 Å². The average molecular weight is 376 g/mol. The van der Waals surface area contributed by atoms with Crippen molar-refractivity contribution in [2.45, 2.75) is 39.3 Å². The number of nitrogens with two attached hydrogens (primary N) is 1. The van der Waals surface area contributed by atoms with Crippen molar-refractivity contribution in [3.8, 4) is 0 Å². The van der Waals surface area contributed by atoms with Gasteiger partial charge in [0.15, 0.2) is 0 Å². The van der Waals surface area contributed by atoms with Crippen molar-refractivity contribution in [3.05, 3.63) is 35.9 Å². The molecule has 0 saturated carbocycles. The molecule has 1 amide bonds. The lowest BCUT2D eigenvalue weighted by Gasteiger charge is -2.44. The highest BCUT2D eigenvalue weighted by molar-refractivity contribution is 5.85. The second kappa shape index (κ2) is 9.62. The second-order valence-corrected chi connectivity index (χ2v) is 7.03. The van der Waals surface area contributed by atoms with Crippen LogP contribution in [0.1, 0.15) is 38.8 Å². The van der Waals surface area contributed by atoms with Gasteiger partial charge in [0.05, 0.1) is 0 Å². The van der Waals surface area contributed by atoms with E-state index >= 15 is 0 Å². The number of piperidine rings is 1. The maximum Gasteiger partial charge on any atom is 0.244 e. The number of benzene rings is 1. The summed E-state index contributed by atoms with van der Waals surface area (Å²) in [7, 11) is 2.01. The predicted molar refractivity (Wildman–Crippen MR) is 105 cm³/mol. The molecule has 0 radical (unpaired) electrons. The molecule has 1 heterocycles. The van der Waals surface area contributed by atoms with Crippen molar-refractivity contribution in [1.29, 1.82) is 0 Å². The van der Waals surface area contributed by atoms with Crippen LogP contribution in [0.4, 0.5) is 0 Å². The normalized spacial score (nSPS) is 20.8. The third-order valence-corrected chi connectivity index (χ3v) is 4.91. The zero-order valence-corrected chi connectivity index (χ0v) is 16.7. The van der Waals surface area contributed by atoms with E-state index in [-0.39, 0.29) is 48.2 Å². The smallest absolute Gasteiger partial charge is 0.244 e. The lowest BCUT2D eigenvalue weighted by Crippen LogP contribution is -2.55. The zero-order chi connectivity index (χ0) is 16.3. The Morgan fingerprint density at radius 1 is 1.33 bits per heavy atom. The number of nitrogens with zero attached hydrogens (tertiary/aromatic N) is 2. The first-order valence-corrected chi connectivity index (χ1v) is 8.16. The summed E-state index contributed by atoms with van der Waals surface area (Å²) in [6.45, 7) is 8.70. The van der Waals surface area contributed by atoms with Gasteiger partial charge >= 0.3 is 0 Å². The fourth-order valence-electron chi connectivity index (χ4n) is 3.14. The molecule has 1 aliphatic heterocycles. The summed E-state index contributed by atoms with van der Waals surface area (Å²) in [4.78, 5) is 17.2. The number of halogens is 2. The molecule has 0 aromatic heterocycles. The third kappa shape index (κ3) is 5.09. The molecule has 2 N–H and O–H groups in total. The molecule has 1 aliphatic rings. The first kappa shape index (κ1) is 23.2. The lowest BCUT2D eigenvalue weighted by molar-refractivity contribution is -0.140. The molecule has 2 rings (SSSR count). The highest BCUT2D eigenvalue weighted by Crippen LogP contribution is 2.30. The van der Waals surface area contributed by atoms with Crippen LogP contribution in [0, 0.1) is 5.41 Å². The number of carbonyl (C=O) groups is 1. The van der Waals surface area contributed by atoms with E-state index in [1.807, 2.05) is 42.3 Å². The van der Waals surface area contributed by atoms with Gasteiger partial charge in [0, 0.05) is 19.1 Å². The van der Waals surface area contributed by atoms with Crippen LogP contribution in [0.5, 0.6) is 0 Å². The number of rotatable bonds is 4. The summed E-state index contributed by atoms with van der Waals surface area (Å²) in [6.07, 6.45) is 0.871. The number of hydrogen-bond donors (Lipinski definition) is 1. The summed E-state index contributed by atoms with van der Waals surface area (Å²) in [6, 6.07) is 10.0. The molecule has 138 valence electrons. The van der Waals surface area contributed by atoms with Crippen LogP contribution in [-0.2, 0) is 4.79 Å². The maximum atomic E-state index is 13.1. The Bertz CT molecular complexity index is 510. The van der Waals surface area contributed by atoms with Gasteiger partial charge < -0.3 is 10.6 Å². The topological polar surface area (TPSA) is 49.6 Å². The van der Waals surface area contributed by atoms with E-state index in [1.54, 1.807) is 0 Å². The molecule has 4 nitrogen and oxygen atoms in total. The van der Waals surface area contributed by atoms with E-state index in [1.165, 1.54) is 0 Å². The van der Waals surface area contributed by atoms with Crippen molar-refractivity contribution in [2.75, 3.05) is 26.7 Å². The minimum absolute atomic E-state index is 0.